The van der Waals surface area contributed by atoms with Crippen molar-refractivity contribution in [3.63, 3.8) is 0 Å². The first-order chi connectivity index (χ1) is 10.4. The Morgan fingerprint density at radius 3 is 2.71 bits per heavy atom. The first-order valence-corrected chi connectivity index (χ1v) is 8.76. The molecule has 3 heterocycles. The quantitative estimate of drug-likeness (QED) is 0.798. The summed E-state index contributed by atoms with van der Waals surface area (Å²) in [6.45, 7) is 4.80. The van der Waals surface area contributed by atoms with Crippen LogP contribution in [0.3, 0.4) is 0 Å². The van der Waals surface area contributed by atoms with Crippen LogP contribution >= 0.6 is 11.3 Å². The van der Waals surface area contributed by atoms with Gasteiger partial charge in [-0.15, -0.1) is 11.3 Å². The molecular weight excluding hydrogens is 278 g/mol. The van der Waals surface area contributed by atoms with Crippen LogP contribution in [0.15, 0.2) is 41.9 Å². The summed E-state index contributed by atoms with van der Waals surface area (Å²) in [5, 5.41) is 3.42. The van der Waals surface area contributed by atoms with E-state index in [0.29, 0.717) is 0 Å². The van der Waals surface area contributed by atoms with Crippen molar-refractivity contribution >= 4 is 22.2 Å². The summed E-state index contributed by atoms with van der Waals surface area (Å²) in [5.41, 5.74) is 0. The third-order valence-electron chi connectivity index (χ3n) is 4.00. The monoisotopic (exact) mass is 301 g/mol. The number of anilines is 2. The Kier molecular flexibility index (Phi) is 5.24. The van der Waals surface area contributed by atoms with E-state index < -0.39 is 0 Å². The van der Waals surface area contributed by atoms with Crippen LogP contribution in [0.1, 0.15) is 25.7 Å². The van der Waals surface area contributed by atoms with E-state index in [2.05, 4.69) is 44.4 Å². The summed E-state index contributed by atoms with van der Waals surface area (Å²) >= 11 is 1.78. The molecule has 0 aromatic carbocycles. The molecular formula is C17H23N3S. The standard InChI is InChI=1S/C17H23N3S/c1-4-11-19(12-5-1)13-7-14-20(17-9-6-15-21-17)16-8-2-3-10-18-16/h2-3,6,8-10,15H,1,4-5,7,11-14H2. The van der Waals surface area contributed by atoms with Crippen LogP contribution in [0.4, 0.5) is 10.8 Å². The highest BCUT2D eigenvalue weighted by Gasteiger charge is 2.13. The second-order valence-electron chi connectivity index (χ2n) is 5.55. The number of likely N-dealkylation sites (tertiary alicyclic amines) is 1. The largest absolute Gasteiger partial charge is 0.318 e. The molecule has 1 aliphatic rings. The number of thiophene rings is 1. The Morgan fingerprint density at radius 1 is 1.10 bits per heavy atom. The van der Waals surface area contributed by atoms with Gasteiger partial charge >= 0.3 is 0 Å². The van der Waals surface area contributed by atoms with Crippen molar-refractivity contribution in [3.05, 3.63) is 41.9 Å². The molecule has 1 aliphatic heterocycles. The molecule has 2 aromatic rings. The third-order valence-corrected chi connectivity index (χ3v) is 4.89. The second-order valence-corrected chi connectivity index (χ2v) is 6.47. The van der Waals surface area contributed by atoms with Crippen molar-refractivity contribution in [1.82, 2.24) is 9.88 Å². The summed E-state index contributed by atoms with van der Waals surface area (Å²) in [4.78, 5) is 9.47. The van der Waals surface area contributed by atoms with Crippen molar-refractivity contribution in [3.8, 4) is 0 Å². The maximum atomic E-state index is 4.52. The Labute approximate surface area is 131 Å². The fraction of sp³-hybridized carbons (Fsp3) is 0.471. The maximum absolute atomic E-state index is 4.52. The van der Waals surface area contributed by atoms with Gasteiger partial charge in [-0.05, 0) is 68.5 Å². The smallest absolute Gasteiger partial charge is 0.133 e. The van der Waals surface area contributed by atoms with E-state index in [4.69, 9.17) is 0 Å². The number of rotatable bonds is 6. The lowest BCUT2D eigenvalue weighted by atomic mass is 10.1. The van der Waals surface area contributed by atoms with E-state index in [-0.39, 0.29) is 0 Å². The Bertz CT molecular complexity index is 506. The highest BCUT2D eigenvalue weighted by Crippen LogP contribution is 2.28. The Morgan fingerprint density at radius 2 is 2.00 bits per heavy atom. The summed E-state index contributed by atoms with van der Waals surface area (Å²) in [7, 11) is 0. The minimum absolute atomic E-state index is 1.04. The molecule has 0 atom stereocenters. The molecule has 3 rings (SSSR count). The number of piperidine rings is 1. The number of nitrogens with zero attached hydrogens (tertiary/aromatic N) is 3. The molecule has 0 bridgehead atoms. The van der Waals surface area contributed by atoms with E-state index in [1.165, 1.54) is 50.3 Å². The van der Waals surface area contributed by atoms with Crippen molar-refractivity contribution < 1.29 is 0 Å². The zero-order valence-corrected chi connectivity index (χ0v) is 13.3. The summed E-state index contributed by atoms with van der Waals surface area (Å²) in [6.07, 6.45) is 7.21. The van der Waals surface area contributed by atoms with Gasteiger partial charge in [-0.3, -0.25) is 0 Å². The molecule has 21 heavy (non-hydrogen) atoms. The van der Waals surface area contributed by atoms with Gasteiger partial charge in [-0.2, -0.15) is 0 Å². The molecule has 112 valence electrons. The van der Waals surface area contributed by atoms with Gasteiger partial charge in [0.15, 0.2) is 0 Å². The van der Waals surface area contributed by atoms with Gasteiger partial charge in [0.2, 0.25) is 0 Å². The zero-order valence-electron chi connectivity index (χ0n) is 12.4. The lowest BCUT2D eigenvalue weighted by Crippen LogP contribution is -2.32. The highest BCUT2D eigenvalue weighted by molar-refractivity contribution is 7.14. The number of hydrogen-bond donors (Lipinski definition) is 0. The van der Waals surface area contributed by atoms with E-state index in [1.54, 1.807) is 11.3 Å². The van der Waals surface area contributed by atoms with E-state index in [1.807, 2.05) is 12.3 Å². The van der Waals surface area contributed by atoms with Gasteiger partial charge in [0.25, 0.3) is 0 Å². The first-order valence-electron chi connectivity index (χ1n) is 7.88. The summed E-state index contributed by atoms with van der Waals surface area (Å²) in [6, 6.07) is 10.4. The molecule has 0 radical (unpaired) electrons. The average molecular weight is 301 g/mol. The molecule has 0 aliphatic carbocycles. The fourth-order valence-electron chi connectivity index (χ4n) is 2.91. The number of pyridine rings is 1. The zero-order chi connectivity index (χ0) is 14.3. The molecule has 4 heteroatoms. The summed E-state index contributed by atoms with van der Waals surface area (Å²) < 4.78 is 0. The van der Waals surface area contributed by atoms with Gasteiger partial charge in [0.05, 0.1) is 5.00 Å². The van der Waals surface area contributed by atoms with Crippen LogP contribution in [-0.4, -0.2) is 36.1 Å². The van der Waals surface area contributed by atoms with Crippen LogP contribution in [0.2, 0.25) is 0 Å². The van der Waals surface area contributed by atoms with Crippen LogP contribution in [0.25, 0.3) is 0 Å². The predicted octanol–water partition coefficient (Wildman–Crippen LogP) is 4.16. The second kappa shape index (κ2) is 7.57. The lowest BCUT2D eigenvalue weighted by molar-refractivity contribution is 0.227. The van der Waals surface area contributed by atoms with E-state index in [9.17, 15) is 0 Å². The molecule has 3 nitrogen and oxygen atoms in total. The van der Waals surface area contributed by atoms with Gasteiger partial charge < -0.3 is 9.80 Å². The molecule has 0 unspecified atom stereocenters. The van der Waals surface area contributed by atoms with Crippen LogP contribution in [0.5, 0.6) is 0 Å². The summed E-state index contributed by atoms with van der Waals surface area (Å²) in [5.74, 6) is 1.05. The van der Waals surface area contributed by atoms with Crippen molar-refractivity contribution in [2.75, 3.05) is 31.1 Å². The first kappa shape index (κ1) is 14.5. The predicted molar refractivity (Wildman–Crippen MR) is 90.5 cm³/mol. The number of aromatic nitrogens is 1. The van der Waals surface area contributed by atoms with Crippen molar-refractivity contribution in [2.24, 2.45) is 0 Å². The van der Waals surface area contributed by atoms with Crippen molar-refractivity contribution in [1.29, 1.82) is 0 Å². The maximum Gasteiger partial charge on any atom is 0.133 e. The normalized spacial score (nSPS) is 16.0. The van der Waals surface area contributed by atoms with E-state index >= 15 is 0 Å². The number of hydrogen-bond acceptors (Lipinski definition) is 4. The average Bonchev–Trinajstić information content (AvgIpc) is 3.07. The molecule has 1 saturated heterocycles. The highest BCUT2D eigenvalue weighted by atomic mass is 32.1. The molecule has 0 saturated carbocycles. The van der Waals surface area contributed by atoms with Gasteiger partial charge in [0.1, 0.15) is 5.82 Å². The van der Waals surface area contributed by atoms with Crippen molar-refractivity contribution in [2.45, 2.75) is 25.7 Å². The SMILES string of the molecule is c1ccc(N(CCCN2CCCCC2)c2cccs2)nc1. The van der Waals surface area contributed by atoms with Crippen LogP contribution < -0.4 is 4.90 Å². The van der Waals surface area contributed by atoms with E-state index in [0.717, 1.165) is 12.4 Å². The molecule has 1 fully saturated rings. The fourth-order valence-corrected chi connectivity index (χ4v) is 3.68. The minimum Gasteiger partial charge on any atom is -0.318 e. The van der Waals surface area contributed by atoms with Gasteiger partial charge in [0, 0.05) is 12.7 Å². The lowest BCUT2D eigenvalue weighted by Gasteiger charge is -2.28. The van der Waals surface area contributed by atoms with Crippen LogP contribution in [0, 0.1) is 0 Å². The molecule has 0 amide bonds. The van der Waals surface area contributed by atoms with Crippen LogP contribution in [-0.2, 0) is 0 Å². The topological polar surface area (TPSA) is 19.4 Å². The molecule has 2 aromatic heterocycles. The molecule has 0 spiro atoms. The Hall–Kier alpha value is -1.39. The minimum atomic E-state index is 1.04. The molecule has 0 N–H and O–H groups in total. The Balaban J connectivity index is 1.60. The third kappa shape index (κ3) is 4.05. The van der Waals surface area contributed by atoms with Gasteiger partial charge in [-0.25, -0.2) is 4.98 Å². The van der Waals surface area contributed by atoms with Gasteiger partial charge in [-0.1, -0.05) is 12.5 Å².